The minimum Gasteiger partial charge on any atom is -0.492 e. The maximum Gasteiger partial charge on any atom is 0.252 e. The molecule has 1 heterocycles. The van der Waals surface area contributed by atoms with Crippen molar-refractivity contribution in [3.8, 4) is 5.75 Å². The molecule has 1 amide bonds. The van der Waals surface area contributed by atoms with Crippen LogP contribution < -0.4 is 10.1 Å². The molecule has 5 nitrogen and oxygen atoms in total. The van der Waals surface area contributed by atoms with Crippen LogP contribution in [0.1, 0.15) is 28.8 Å². The third-order valence-electron chi connectivity index (χ3n) is 5.00. The Balaban J connectivity index is 1.46. The van der Waals surface area contributed by atoms with Gasteiger partial charge in [-0.2, -0.15) is 0 Å². The number of amides is 1. The van der Waals surface area contributed by atoms with E-state index < -0.39 is 0 Å². The highest BCUT2D eigenvalue weighted by atomic mass is 127. The van der Waals surface area contributed by atoms with Gasteiger partial charge < -0.3 is 14.8 Å². The summed E-state index contributed by atoms with van der Waals surface area (Å²) in [7, 11) is 2.15. The second-order valence-corrected chi connectivity index (χ2v) is 8.14. The van der Waals surface area contributed by atoms with Crippen LogP contribution in [0.3, 0.4) is 0 Å². The van der Waals surface area contributed by atoms with Gasteiger partial charge >= 0.3 is 0 Å². The second kappa shape index (κ2) is 10.8. The molecule has 28 heavy (non-hydrogen) atoms. The maximum atomic E-state index is 12.4. The smallest absolute Gasteiger partial charge is 0.252 e. The Hall–Kier alpha value is -1.64. The van der Waals surface area contributed by atoms with Crippen LogP contribution in [0.25, 0.3) is 0 Å². The molecule has 1 saturated heterocycles. The average Bonchev–Trinajstić information content (AvgIpc) is 2.73. The topological polar surface area (TPSA) is 50.8 Å². The molecule has 0 aliphatic carbocycles. The van der Waals surface area contributed by atoms with Crippen molar-refractivity contribution in [1.82, 2.24) is 10.2 Å². The van der Waals surface area contributed by atoms with Gasteiger partial charge in [0.25, 0.3) is 5.91 Å². The summed E-state index contributed by atoms with van der Waals surface area (Å²) in [5.74, 6) is 0.774. The number of nitrogens with one attached hydrogen (secondary N) is 1. The number of rotatable bonds is 8. The third-order valence-corrected chi connectivity index (χ3v) is 5.94. The Morgan fingerprint density at radius 3 is 2.79 bits per heavy atom. The van der Waals surface area contributed by atoms with Crippen molar-refractivity contribution in [3.63, 3.8) is 0 Å². The SMILES string of the molecule is CN(CCOc1cccc(CNC(=O)c2ccccc2I)c1)C1CCOCC1. The molecule has 1 aliphatic rings. The third kappa shape index (κ3) is 6.18. The number of halogens is 1. The Labute approximate surface area is 180 Å². The van der Waals surface area contributed by atoms with Gasteiger partial charge in [0.2, 0.25) is 0 Å². The van der Waals surface area contributed by atoms with Crippen LogP contribution >= 0.6 is 22.6 Å². The average molecular weight is 494 g/mol. The lowest BCUT2D eigenvalue weighted by Gasteiger charge is -2.31. The van der Waals surface area contributed by atoms with E-state index in [1.54, 1.807) is 0 Å². The number of benzene rings is 2. The zero-order chi connectivity index (χ0) is 19.8. The number of hydrogen-bond donors (Lipinski definition) is 1. The van der Waals surface area contributed by atoms with Crippen molar-refractivity contribution in [2.24, 2.45) is 0 Å². The molecule has 0 saturated carbocycles. The van der Waals surface area contributed by atoms with Crippen molar-refractivity contribution >= 4 is 28.5 Å². The van der Waals surface area contributed by atoms with Crippen LogP contribution in [-0.4, -0.2) is 50.3 Å². The van der Waals surface area contributed by atoms with Gasteiger partial charge in [-0.1, -0.05) is 24.3 Å². The van der Waals surface area contributed by atoms with Crippen LogP contribution in [0.2, 0.25) is 0 Å². The predicted molar refractivity (Wildman–Crippen MR) is 119 cm³/mol. The van der Waals surface area contributed by atoms with Crippen LogP contribution in [0.15, 0.2) is 48.5 Å². The van der Waals surface area contributed by atoms with Crippen molar-refractivity contribution in [2.45, 2.75) is 25.4 Å². The molecule has 2 aromatic rings. The Bertz CT molecular complexity index is 778. The van der Waals surface area contributed by atoms with Crippen molar-refractivity contribution in [3.05, 3.63) is 63.2 Å². The summed E-state index contributed by atoms with van der Waals surface area (Å²) < 4.78 is 12.3. The summed E-state index contributed by atoms with van der Waals surface area (Å²) in [6, 6.07) is 16.1. The number of carbonyl (C=O) groups is 1. The van der Waals surface area contributed by atoms with E-state index in [0.29, 0.717) is 24.8 Å². The molecule has 0 bridgehead atoms. The molecule has 3 rings (SSSR count). The van der Waals surface area contributed by atoms with Crippen molar-refractivity contribution < 1.29 is 14.3 Å². The summed E-state index contributed by atoms with van der Waals surface area (Å²) in [5.41, 5.74) is 1.72. The number of carbonyl (C=O) groups excluding carboxylic acids is 1. The minimum absolute atomic E-state index is 0.0607. The first-order valence-electron chi connectivity index (χ1n) is 9.66. The van der Waals surface area contributed by atoms with Gasteiger partial charge in [-0.15, -0.1) is 0 Å². The van der Waals surface area contributed by atoms with Gasteiger partial charge in [-0.3, -0.25) is 9.69 Å². The molecule has 6 heteroatoms. The molecule has 2 aromatic carbocycles. The molecule has 1 N–H and O–H groups in total. The van der Waals surface area contributed by atoms with Crippen LogP contribution in [-0.2, 0) is 11.3 Å². The molecule has 0 atom stereocenters. The van der Waals surface area contributed by atoms with E-state index in [2.05, 4.69) is 39.9 Å². The highest BCUT2D eigenvalue weighted by Crippen LogP contribution is 2.16. The molecule has 0 spiro atoms. The number of ether oxygens (including phenoxy) is 2. The number of nitrogens with zero attached hydrogens (tertiary/aromatic N) is 1. The molecule has 0 radical (unpaired) electrons. The largest absolute Gasteiger partial charge is 0.492 e. The van der Waals surface area contributed by atoms with Crippen LogP contribution in [0.4, 0.5) is 0 Å². The summed E-state index contributed by atoms with van der Waals surface area (Å²) in [5, 5.41) is 2.98. The highest BCUT2D eigenvalue weighted by Gasteiger charge is 2.18. The van der Waals surface area contributed by atoms with Crippen LogP contribution in [0.5, 0.6) is 5.75 Å². The number of likely N-dealkylation sites (N-methyl/N-ethyl adjacent to an activating group) is 1. The zero-order valence-corrected chi connectivity index (χ0v) is 18.4. The van der Waals surface area contributed by atoms with Gasteiger partial charge in [0.1, 0.15) is 12.4 Å². The summed E-state index contributed by atoms with van der Waals surface area (Å²) in [6.45, 7) is 3.71. The van der Waals surface area contributed by atoms with Gasteiger partial charge in [0.15, 0.2) is 0 Å². The van der Waals surface area contributed by atoms with Gasteiger partial charge in [0.05, 0.1) is 5.56 Å². The Morgan fingerprint density at radius 2 is 2.00 bits per heavy atom. The molecule has 1 aliphatic heterocycles. The van der Waals surface area contributed by atoms with E-state index in [-0.39, 0.29) is 5.91 Å². The molecule has 0 aromatic heterocycles. The Morgan fingerprint density at radius 1 is 1.21 bits per heavy atom. The van der Waals surface area contributed by atoms with Crippen LogP contribution in [0, 0.1) is 3.57 Å². The monoisotopic (exact) mass is 494 g/mol. The molecule has 0 unspecified atom stereocenters. The summed E-state index contributed by atoms with van der Waals surface area (Å²) in [4.78, 5) is 14.7. The first-order valence-corrected chi connectivity index (χ1v) is 10.7. The fourth-order valence-corrected chi connectivity index (χ4v) is 3.92. The zero-order valence-electron chi connectivity index (χ0n) is 16.2. The highest BCUT2D eigenvalue weighted by molar-refractivity contribution is 14.1. The van der Waals surface area contributed by atoms with E-state index in [9.17, 15) is 4.79 Å². The first-order chi connectivity index (χ1) is 13.6. The van der Waals surface area contributed by atoms with E-state index >= 15 is 0 Å². The predicted octanol–water partition coefficient (Wildman–Crippen LogP) is 3.71. The lowest BCUT2D eigenvalue weighted by Crippen LogP contribution is -2.38. The molecular weight excluding hydrogens is 467 g/mol. The first kappa shape index (κ1) is 21.1. The van der Waals surface area contributed by atoms with Crippen molar-refractivity contribution in [1.29, 1.82) is 0 Å². The van der Waals surface area contributed by atoms with Gasteiger partial charge in [0, 0.05) is 35.9 Å². The Kier molecular flexibility index (Phi) is 8.12. The molecule has 150 valence electrons. The standard InChI is InChI=1S/C22H27IN2O3/c1-25(18-9-12-27-13-10-18)11-14-28-19-6-4-5-17(15-19)16-24-22(26)20-7-2-3-8-21(20)23/h2-8,15,18H,9-14,16H2,1H3,(H,24,26). The quantitative estimate of drug-likeness (QED) is 0.569. The normalized spacial score (nSPS) is 14.8. The van der Waals surface area contributed by atoms with Gasteiger partial charge in [-0.25, -0.2) is 0 Å². The lowest BCUT2D eigenvalue weighted by molar-refractivity contribution is 0.0392. The van der Waals surface area contributed by atoms with E-state index in [4.69, 9.17) is 9.47 Å². The molecular formula is C22H27IN2O3. The van der Waals surface area contributed by atoms with E-state index in [1.165, 1.54) is 0 Å². The fraction of sp³-hybridized carbons (Fsp3) is 0.409. The minimum atomic E-state index is -0.0607. The fourth-order valence-electron chi connectivity index (χ4n) is 3.28. The van der Waals surface area contributed by atoms with E-state index in [0.717, 1.165) is 47.5 Å². The maximum absolute atomic E-state index is 12.4. The second-order valence-electron chi connectivity index (χ2n) is 6.98. The lowest BCUT2D eigenvalue weighted by atomic mass is 10.1. The van der Waals surface area contributed by atoms with Crippen molar-refractivity contribution in [2.75, 3.05) is 33.4 Å². The summed E-state index contributed by atoms with van der Waals surface area (Å²) in [6.07, 6.45) is 2.18. The molecule has 1 fully saturated rings. The summed E-state index contributed by atoms with van der Waals surface area (Å²) >= 11 is 2.18. The van der Waals surface area contributed by atoms with Gasteiger partial charge in [-0.05, 0) is 72.3 Å². The number of hydrogen-bond acceptors (Lipinski definition) is 4. The van der Waals surface area contributed by atoms with E-state index in [1.807, 2.05) is 48.5 Å².